The normalized spacial score (nSPS) is 17.7. The molecule has 0 radical (unpaired) electrons. The minimum absolute atomic E-state index is 0.256. The lowest BCUT2D eigenvalue weighted by Crippen LogP contribution is -2.15. The molecule has 0 aromatic heterocycles. The maximum atomic E-state index is 6.33. The average Bonchev–Trinajstić information content (AvgIpc) is 2.38. The van der Waals surface area contributed by atoms with E-state index in [0.717, 1.165) is 22.2 Å². The van der Waals surface area contributed by atoms with Crippen molar-refractivity contribution in [2.45, 2.75) is 12.3 Å². The van der Waals surface area contributed by atoms with Gasteiger partial charge in [-0.25, -0.2) is 0 Å². The maximum Gasteiger partial charge on any atom is 0.123 e. The van der Waals surface area contributed by atoms with Crippen LogP contribution in [0.25, 0.3) is 0 Å². The van der Waals surface area contributed by atoms with Crippen molar-refractivity contribution in [1.29, 1.82) is 0 Å². The van der Waals surface area contributed by atoms with Gasteiger partial charge in [0.05, 0.1) is 6.61 Å². The molecular formula is C15H11BrCl2O. The van der Waals surface area contributed by atoms with Gasteiger partial charge in [-0.3, -0.25) is 0 Å². The lowest BCUT2D eigenvalue weighted by Gasteiger charge is -2.27. The van der Waals surface area contributed by atoms with Gasteiger partial charge in [0.15, 0.2) is 0 Å². The van der Waals surface area contributed by atoms with Crippen molar-refractivity contribution in [3.05, 3.63) is 62.0 Å². The Labute approximate surface area is 130 Å². The zero-order chi connectivity index (χ0) is 13.4. The molecule has 0 saturated heterocycles. The van der Waals surface area contributed by atoms with Gasteiger partial charge >= 0.3 is 0 Å². The minimum Gasteiger partial charge on any atom is -0.493 e. The molecule has 1 heterocycles. The van der Waals surface area contributed by atoms with E-state index in [9.17, 15) is 0 Å². The number of halogens is 3. The summed E-state index contributed by atoms with van der Waals surface area (Å²) in [7, 11) is 0. The van der Waals surface area contributed by atoms with Crippen molar-refractivity contribution in [1.82, 2.24) is 0 Å². The predicted molar refractivity (Wildman–Crippen MR) is 82.6 cm³/mol. The van der Waals surface area contributed by atoms with E-state index in [1.54, 1.807) is 6.07 Å². The summed E-state index contributed by atoms with van der Waals surface area (Å²) in [5.74, 6) is 1.19. The molecule has 1 aliphatic rings. The van der Waals surface area contributed by atoms with Crippen LogP contribution in [0.15, 0.2) is 40.9 Å². The zero-order valence-corrected chi connectivity index (χ0v) is 13.1. The van der Waals surface area contributed by atoms with Gasteiger partial charge in [-0.2, -0.15) is 0 Å². The Bertz CT molecular complexity index is 628. The van der Waals surface area contributed by atoms with Crippen LogP contribution in [0.3, 0.4) is 0 Å². The van der Waals surface area contributed by atoms with Gasteiger partial charge in [0, 0.05) is 26.0 Å². The molecule has 1 atom stereocenters. The van der Waals surface area contributed by atoms with Crippen molar-refractivity contribution in [3.8, 4) is 5.75 Å². The topological polar surface area (TPSA) is 9.23 Å². The zero-order valence-electron chi connectivity index (χ0n) is 10.00. The van der Waals surface area contributed by atoms with E-state index in [2.05, 4.69) is 22.0 Å². The molecule has 0 spiro atoms. The van der Waals surface area contributed by atoms with Crippen molar-refractivity contribution in [2.75, 3.05) is 6.61 Å². The fraction of sp³-hybridized carbons (Fsp3) is 0.200. The number of hydrogen-bond acceptors (Lipinski definition) is 1. The molecule has 2 aromatic rings. The molecule has 19 heavy (non-hydrogen) atoms. The minimum atomic E-state index is 0.256. The van der Waals surface area contributed by atoms with Gasteiger partial charge in [0.2, 0.25) is 0 Å². The van der Waals surface area contributed by atoms with Crippen molar-refractivity contribution in [3.63, 3.8) is 0 Å². The monoisotopic (exact) mass is 356 g/mol. The van der Waals surface area contributed by atoms with Crippen LogP contribution < -0.4 is 4.74 Å². The van der Waals surface area contributed by atoms with E-state index in [1.807, 2.05) is 24.3 Å². The summed E-state index contributed by atoms with van der Waals surface area (Å²) in [4.78, 5) is 0. The van der Waals surface area contributed by atoms with E-state index >= 15 is 0 Å². The van der Waals surface area contributed by atoms with Crippen LogP contribution in [0, 0.1) is 0 Å². The highest BCUT2D eigenvalue weighted by atomic mass is 79.9. The molecule has 0 saturated carbocycles. The van der Waals surface area contributed by atoms with Gasteiger partial charge in [0.1, 0.15) is 5.75 Å². The number of ether oxygens (including phenoxy) is 1. The molecule has 4 heteroatoms. The van der Waals surface area contributed by atoms with E-state index in [1.165, 1.54) is 5.56 Å². The molecule has 0 amide bonds. The predicted octanol–water partition coefficient (Wildman–Crippen LogP) is 5.67. The lowest BCUT2D eigenvalue weighted by molar-refractivity contribution is 0.277. The third-order valence-corrected chi connectivity index (χ3v) is 4.40. The molecule has 0 aliphatic carbocycles. The first-order chi connectivity index (χ1) is 9.15. The van der Waals surface area contributed by atoms with Crippen LogP contribution in [-0.4, -0.2) is 6.61 Å². The smallest absolute Gasteiger partial charge is 0.123 e. The largest absolute Gasteiger partial charge is 0.493 e. The summed E-state index contributed by atoms with van der Waals surface area (Å²) in [6.07, 6.45) is 0.921. The van der Waals surface area contributed by atoms with Gasteiger partial charge in [-0.15, -0.1) is 0 Å². The van der Waals surface area contributed by atoms with Gasteiger partial charge in [0.25, 0.3) is 0 Å². The molecular weight excluding hydrogens is 347 g/mol. The standard InChI is InChI=1S/C15H11BrCl2O/c16-9-1-4-15-13(7-9)11(5-6-19-15)12-3-2-10(17)8-14(12)18/h1-4,7-8,11H,5-6H2. The molecule has 0 fully saturated rings. The van der Waals surface area contributed by atoms with E-state index in [4.69, 9.17) is 27.9 Å². The van der Waals surface area contributed by atoms with Crippen LogP contribution in [0.1, 0.15) is 23.5 Å². The van der Waals surface area contributed by atoms with E-state index in [0.29, 0.717) is 16.7 Å². The second-order valence-electron chi connectivity index (χ2n) is 4.54. The second kappa shape index (κ2) is 5.35. The maximum absolute atomic E-state index is 6.33. The molecule has 1 unspecified atom stereocenters. The van der Waals surface area contributed by atoms with Crippen molar-refractivity contribution >= 4 is 39.1 Å². The third kappa shape index (κ3) is 2.62. The van der Waals surface area contributed by atoms with Crippen LogP contribution in [-0.2, 0) is 0 Å². The van der Waals surface area contributed by atoms with Crippen LogP contribution in [0.5, 0.6) is 5.75 Å². The first-order valence-electron chi connectivity index (χ1n) is 6.02. The quantitative estimate of drug-likeness (QED) is 0.638. The molecule has 1 aliphatic heterocycles. The highest BCUT2D eigenvalue weighted by Gasteiger charge is 2.25. The van der Waals surface area contributed by atoms with Crippen LogP contribution in [0.4, 0.5) is 0 Å². The summed E-state index contributed by atoms with van der Waals surface area (Å²) in [6.45, 7) is 0.707. The Morgan fingerprint density at radius 3 is 2.68 bits per heavy atom. The van der Waals surface area contributed by atoms with Crippen molar-refractivity contribution in [2.24, 2.45) is 0 Å². The van der Waals surface area contributed by atoms with Crippen LogP contribution in [0.2, 0.25) is 10.0 Å². The Hall–Kier alpha value is -0.700. The molecule has 1 nitrogen and oxygen atoms in total. The summed E-state index contributed by atoms with van der Waals surface area (Å²) in [6, 6.07) is 11.8. The summed E-state index contributed by atoms with van der Waals surface area (Å²) in [5, 5.41) is 1.38. The summed E-state index contributed by atoms with van der Waals surface area (Å²) < 4.78 is 6.75. The Kier molecular flexibility index (Phi) is 3.75. The van der Waals surface area contributed by atoms with E-state index < -0.39 is 0 Å². The fourth-order valence-electron chi connectivity index (χ4n) is 2.47. The van der Waals surface area contributed by atoms with Crippen LogP contribution >= 0.6 is 39.1 Å². The molecule has 2 aromatic carbocycles. The highest BCUT2D eigenvalue weighted by Crippen LogP contribution is 2.42. The second-order valence-corrected chi connectivity index (χ2v) is 6.30. The molecule has 98 valence electrons. The van der Waals surface area contributed by atoms with E-state index in [-0.39, 0.29) is 5.92 Å². The average molecular weight is 358 g/mol. The molecule has 3 rings (SSSR count). The first-order valence-corrected chi connectivity index (χ1v) is 7.57. The molecule has 0 bridgehead atoms. The first kappa shape index (κ1) is 13.3. The highest BCUT2D eigenvalue weighted by molar-refractivity contribution is 9.10. The number of hydrogen-bond donors (Lipinski definition) is 0. The van der Waals surface area contributed by atoms with Crippen molar-refractivity contribution < 1.29 is 4.74 Å². The Balaban J connectivity index is 2.10. The lowest BCUT2D eigenvalue weighted by atomic mass is 9.87. The van der Waals surface area contributed by atoms with Gasteiger partial charge in [-0.1, -0.05) is 45.2 Å². The van der Waals surface area contributed by atoms with Gasteiger partial charge < -0.3 is 4.74 Å². The fourth-order valence-corrected chi connectivity index (χ4v) is 3.39. The number of fused-ring (bicyclic) bond motifs is 1. The Morgan fingerprint density at radius 1 is 1.05 bits per heavy atom. The number of benzene rings is 2. The Morgan fingerprint density at radius 2 is 1.89 bits per heavy atom. The molecule has 0 N–H and O–H groups in total. The third-order valence-electron chi connectivity index (χ3n) is 3.35. The number of rotatable bonds is 1. The SMILES string of the molecule is Clc1ccc(C2CCOc3ccc(Br)cc32)c(Cl)c1. The summed E-state index contributed by atoms with van der Waals surface area (Å²) in [5.41, 5.74) is 2.28. The van der Waals surface area contributed by atoms with Gasteiger partial charge in [-0.05, 0) is 42.3 Å². The summed E-state index contributed by atoms with van der Waals surface area (Å²) >= 11 is 15.8.